The Morgan fingerprint density at radius 3 is 2.43 bits per heavy atom. The van der Waals surface area contributed by atoms with Crippen LogP contribution in [0.1, 0.15) is 37.7 Å². The van der Waals surface area contributed by atoms with E-state index in [0.717, 1.165) is 31.7 Å². The first-order chi connectivity index (χ1) is 9.97. The average Bonchev–Trinajstić information content (AvgIpc) is 2.45. The van der Waals surface area contributed by atoms with E-state index in [0.29, 0.717) is 11.2 Å². The van der Waals surface area contributed by atoms with Crippen molar-refractivity contribution in [3.63, 3.8) is 0 Å². The highest BCUT2D eigenvalue weighted by atomic mass is 32.1. The molecule has 1 fully saturated rings. The molecule has 3 nitrogen and oxygen atoms in total. The van der Waals surface area contributed by atoms with E-state index in [2.05, 4.69) is 16.2 Å². The summed E-state index contributed by atoms with van der Waals surface area (Å²) in [6.45, 7) is 0. The molecule has 1 aromatic carbocycles. The van der Waals surface area contributed by atoms with Crippen LogP contribution in [0.3, 0.4) is 0 Å². The highest BCUT2D eigenvalue weighted by Crippen LogP contribution is 2.34. The van der Waals surface area contributed by atoms with Gasteiger partial charge in [-0.25, -0.2) is 0 Å². The third-order valence-corrected chi connectivity index (χ3v) is 3.70. The molecule has 1 aliphatic rings. The lowest BCUT2D eigenvalue weighted by atomic mass is 9.96. The smallest absolute Gasteiger partial charge is 0.359 e. The molecule has 0 spiro atoms. The Balaban J connectivity index is 1.89. The minimum absolute atomic E-state index is 0.0437. The molecular weight excluding hydrogens is 299 g/mol. The molecule has 21 heavy (non-hydrogen) atoms. The molecule has 2 rings (SSSR count). The average molecular weight is 317 g/mol. The zero-order chi connectivity index (χ0) is 15.3. The lowest BCUT2D eigenvalue weighted by molar-refractivity contribution is -0.137. The standard InChI is InChI=1S/C14H18F3N3S/c15-14(16,17)11-8-4-5-9-12(11)19-20-13(21)18-10-6-2-1-3-7-10/h4-5,8-10,19H,1-3,6-7H2,(H2,18,20,21). The SMILES string of the molecule is FC(F)(F)c1ccccc1NNC(=S)NC1CCCCC1. The van der Waals surface area contributed by atoms with Gasteiger partial charge < -0.3 is 5.32 Å². The van der Waals surface area contributed by atoms with Crippen molar-refractivity contribution in [1.82, 2.24) is 10.7 Å². The minimum Gasteiger partial charge on any atom is -0.359 e. The molecule has 0 aromatic heterocycles. The lowest BCUT2D eigenvalue weighted by Gasteiger charge is -2.25. The van der Waals surface area contributed by atoms with Crippen LogP contribution in [-0.2, 0) is 6.18 Å². The molecule has 116 valence electrons. The molecule has 1 aliphatic carbocycles. The predicted octanol–water partition coefficient (Wildman–Crippen LogP) is 3.83. The summed E-state index contributed by atoms with van der Waals surface area (Å²) >= 11 is 5.10. The zero-order valence-corrected chi connectivity index (χ0v) is 12.3. The fraction of sp³-hybridized carbons (Fsp3) is 0.500. The molecular formula is C14H18F3N3S. The second-order valence-electron chi connectivity index (χ2n) is 5.10. The second kappa shape index (κ2) is 6.98. The van der Waals surface area contributed by atoms with Crippen molar-refractivity contribution in [1.29, 1.82) is 0 Å². The summed E-state index contributed by atoms with van der Waals surface area (Å²) in [6, 6.07) is 5.59. The highest BCUT2D eigenvalue weighted by molar-refractivity contribution is 7.80. The van der Waals surface area contributed by atoms with E-state index in [9.17, 15) is 13.2 Å². The number of nitrogens with one attached hydrogen (secondary N) is 3. The largest absolute Gasteiger partial charge is 0.418 e. The van der Waals surface area contributed by atoms with Gasteiger partial charge >= 0.3 is 6.18 Å². The van der Waals surface area contributed by atoms with Crippen LogP contribution in [0.25, 0.3) is 0 Å². The molecule has 0 bridgehead atoms. The normalized spacial score (nSPS) is 16.3. The third kappa shape index (κ3) is 4.77. The quantitative estimate of drug-likeness (QED) is 0.585. The van der Waals surface area contributed by atoms with Gasteiger partial charge in [-0.05, 0) is 37.2 Å². The summed E-state index contributed by atoms with van der Waals surface area (Å²) in [5.41, 5.74) is 4.40. The summed E-state index contributed by atoms with van der Waals surface area (Å²) < 4.78 is 38.5. The Morgan fingerprint density at radius 2 is 1.76 bits per heavy atom. The van der Waals surface area contributed by atoms with E-state index >= 15 is 0 Å². The van der Waals surface area contributed by atoms with Crippen molar-refractivity contribution in [3.05, 3.63) is 29.8 Å². The summed E-state index contributed by atoms with van der Waals surface area (Å²) in [7, 11) is 0. The topological polar surface area (TPSA) is 36.1 Å². The maximum absolute atomic E-state index is 12.8. The number of hydrogen-bond donors (Lipinski definition) is 3. The maximum atomic E-state index is 12.8. The number of hydrogen-bond acceptors (Lipinski definition) is 2. The molecule has 3 N–H and O–H groups in total. The first-order valence-corrected chi connectivity index (χ1v) is 7.36. The van der Waals surface area contributed by atoms with E-state index in [-0.39, 0.29) is 5.69 Å². The minimum atomic E-state index is -4.40. The van der Waals surface area contributed by atoms with Gasteiger partial charge in [-0.3, -0.25) is 10.9 Å². The Bertz CT molecular complexity index is 485. The molecule has 1 saturated carbocycles. The van der Waals surface area contributed by atoms with Crippen LogP contribution in [-0.4, -0.2) is 11.2 Å². The van der Waals surface area contributed by atoms with E-state index in [1.807, 2.05) is 0 Å². The third-order valence-electron chi connectivity index (χ3n) is 3.48. The van der Waals surface area contributed by atoms with Gasteiger partial charge in [0.05, 0.1) is 11.3 Å². The maximum Gasteiger partial charge on any atom is 0.418 e. The van der Waals surface area contributed by atoms with Crippen molar-refractivity contribution in [3.8, 4) is 0 Å². The van der Waals surface area contributed by atoms with Gasteiger partial charge in [-0.1, -0.05) is 31.4 Å². The van der Waals surface area contributed by atoms with Crippen molar-refractivity contribution in [2.45, 2.75) is 44.3 Å². The summed E-state index contributed by atoms with van der Waals surface area (Å²) in [5, 5.41) is 3.44. The Labute approximate surface area is 127 Å². The molecule has 0 radical (unpaired) electrons. The van der Waals surface area contributed by atoms with Crippen molar-refractivity contribution in [2.24, 2.45) is 0 Å². The number of benzene rings is 1. The zero-order valence-electron chi connectivity index (χ0n) is 11.5. The van der Waals surface area contributed by atoms with Crippen LogP contribution in [0, 0.1) is 0 Å². The van der Waals surface area contributed by atoms with Crippen LogP contribution in [0.2, 0.25) is 0 Å². The van der Waals surface area contributed by atoms with Crippen LogP contribution >= 0.6 is 12.2 Å². The molecule has 7 heteroatoms. The molecule has 0 atom stereocenters. The first kappa shape index (κ1) is 15.9. The van der Waals surface area contributed by atoms with Gasteiger partial charge in [-0.15, -0.1) is 0 Å². The number of anilines is 1. The van der Waals surface area contributed by atoms with Gasteiger partial charge in [0.15, 0.2) is 5.11 Å². The molecule has 0 aliphatic heterocycles. The number of thiocarbonyl (C=S) groups is 1. The van der Waals surface area contributed by atoms with Gasteiger partial charge in [0.2, 0.25) is 0 Å². The van der Waals surface area contributed by atoms with Gasteiger partial charge in [0.1, 0.15) is 0 Å². The summed E-state index contributed by atoms with van der Waals surface area (Å²) in [5.74, 6) is 0. The number of rotatable bonds is 3. The monoisotopic (exact) mass is 317 g/mol. The Morgan fingerprint density at radius 1 is 1.10 bits per heavy atom. The van der Waals surface area contributed by atoms with Crippen LogP contribution < -0.4 is 16.2 Å². The summed E-state index contributed by atoms with van der Waals surface area (Å²) in [6.07, 6.45) is 1.23. The highest BCUT2D eigenvalue weighted by Gasteiger charge is 2.33. The molecule has 1 aromatic rings. The van der Waals surface area contributed by atoms with Gasteiger partial charge in [0, 0.05) is 6.04 Å². The van der Waals surface area contributed by atoms with Crippen molar-refractivity contribution < 1.29 is 13.2 Å². The summed E-state index contributed by atoms with van der Waals surface area (Å²) in [4.78, 5) is 0. The fourth-order valence-corrected chi connectivity index (χ4v) is 2.65. The first-order valence-electron chi connectivity index (χ1n) is 6.95. The number of alkyl halides is 3. The number of hydrazine groups is 1. The fourth-order valence-electron chi connectivity index (χ4n) is 2.43. The predicted molar refractivity (Wildman–Crippen MR) is 80.8 cm³/mol. The second-order valence-corrected chi connectivity index (χ2v) is 5.51. The Kier molecular flexibility index (Phi) is 5.27. The molecule has 0 saturated heterocycles. The van der Waals surface area contributed by atoms with Crippen molar-refractivity contribution in [2.75, 3.05) is 5.43 Å². The van der Waals surface area contributed by atoms with E-state index in [1.54, 1.807) is 0 Å². The van der Waals surface area contributed by atoms with Crippen LogP contribution in [0.15, 0.2) is 24.3 Å². The van der Waals surface area contributed by atoms with Gasteiger partial charge in [-0.2, -0.15) is 13.2 Å². The number of halogens is 3. The van der Waals surface area contributed by atoms with E-state index in [4.69, 9.17) is 12.2 Å². The molecule has 0 heterocycles. The number of para-hydroxylation sites is 1. The molecule has 0 amide bonds. The Hall–Kier alpha value is -1.50. The van der Waals surface area contributed by atoms with Gasteiger partial charge in [0.25, 0.3) is 0 Å². The lowest BCUT2D eigenvalue weighted by Crippen LogP contribution is -2.45. The van der Waals surface area contributed by atoms with E-state index in [1.165, 1.54) is 24.6 Å². The molecule has 0 unspecified atom stereocenters. The van der Waals surface area contributed by atoms with Crippen molar-refractivity contribution >= 4 is 23.0 Å². The van der Waals surface area contributed by atoms with Crippen LogP contribution in [0.5, 0.6) is 0 Å². The van der Waals surface area contributed by atoms with Crippen LogP contribution in [0.4, 0.5) is 18.9 Å². The van der Waals surface area contributed by atoms with E-state index < -0.39 is 11.7 Å².